The zero-order valence-corrected chi connectivity index (χ0v) is 14.9. The highest BCUT2D eigenvalue weighted by atomic mass is 35.5. The number of hydrogen-bond donors (Lipinski definition) is 2. The smallest absolute Gasteiger partial charge is 0.310 e. The number of amides is 1. The predicted molar refractivity (Wildman–Crippen MR) is 97.1 cm³/mol. The van der Waals surface area contributed by atoms with Crippen LogP contribution in [-0.2, 0) is 4.79 Å². The number of nitro benzene ring substituents is 1. The largest absolute Gasteiger partial charge is 0.506 e. The number of phenolic OH excluding ortho intramolecular Hbond substituents is 1. The van der Waals surface area contributed by atoms with Crippen molar-refractivity contribution in [3.63, 3.8) is 0 Å². The van der Waals surface area contributed by atoms with E-state index in [1.807, 2.05) is 0 Å². The van der Waals surface area contributed by atoms with Gasteiger partial charge in [-0.1, -0.05) is 35.3 Å². The van der Waals surface area contributed by atoms with Crippen LogP contribution in [0.3, 0.4) is 0 Å². The zero-order chi connectivity index (χ0) is 19.3. The first-order valence-electron chi connectivity index (χ1n) is 7.17. The van der Waals surface area contributed by atoms with Gasteiger partial charge in [0.1, 0.15) is 5.75 Å². The van der Waals surface area contributed by atoms with Gasteiger partial charge in [0.15, 0.2) is 12.4 Å². The molecule has 0 bridgehead atoms. The minimum absolute atomic E-state index is 0.0346. The van der Waals surface area contributed by atoms with Gasteiger partial charge < -0.3 is 9.84 Å². The number of carbonyl (C=O) groups is 1. The number of hydrazone groups is 1. The number of benzene rings is 2. The molecule has 2 aromatic rings. The number of halogens is 2. The maximum Gasteiger partial charge on any atom is 0.310 e. The highest BCUT2D eigenvalue weighted by Crippen LogP contribution is 2.31. The number of phenols is 1. The van der Waals surface area contributed by atoms with Crippen LogP contribution in [0.1, 0.15) is 12.5 Å². The molecular weight excluding hydrogens is 385 g/mol. The van der Waals surface area contributed by atoms with E-state index in [1.54, 1.807) is 6.07 Å². The van der Waals surface area contributed by atoms with Gasteiger partial charge in [-0.05, 0) is 25.1 Å². The molecule has 0 aliphatic carbocycles. The molecule has 0 aliphatic heterocycles. The Bertz CT molecular complexity index is 886. The SMILES string of the molecule is C/C(=N\NC(=O)COc1ccccc1[N+](=O)[O-])c1cc(Cl)cc(Cl)c1O. The average Bonchev–Trinajstić information content (AvgIpc) is 2.61. The summed E-state index contributed by atoms with van der Waals surface area (Å²) in [5, 5.41) is 25.0. The van der Waals surface area contributed by atoms with Crippen molar-refractivity contribution >= 4 is 40.5 Å². The third-order valence-electron chi connectivity index (χ3n) is 3.19. The van der Waals surface area contributed by atoms with Crippen molar-refractivity contribution in [2.75, 3.05) is 6.61 Å². The quantitative estimate of drug-likeness (QED) is 0.439. The second-order valence-electron chi connectivity index (χ2n) is 5.03. The molecule has 0 atom stereocenters. The van der Waals surface area contributed by atoms with E-state index < -0.39 is 17.4 Å². The monoisotopic (exact) mass is 397 g/mol. The van der Waals surface area contributed by atoms with E-state index in [1.165, 1.54) is 37.3 Å². The van der Waals surface area contributed by atoms with Crippen molar-refractivity contribution in [2.45, 2.75) is 6.92 Å². The molecule has 0 unspecified atom stereocenters. The van der Waals surface area contributed by atoms with E-state index in [2.05, 4.69) is 10.5 Å². The Morgan fingerprint density at radius 1 is 1.35 bits per heavy atom. The molecule has 2 aromatic carbocycles. The van der Waals surface area contributed by atoms with E-state index >= 15 is 0 Å². The lowest BCUT2D eigenvalue weighted by atomic mass is 10.1. The van der Waals surface area contributed by atoms with Crippen LogP contribution < -0.4 is 10.2 Å². The molecule has 10 heteroatoms. The highest BCUT2D eigenvalue weighted by Gasteiger charge is 2.15. The van der Waals surface area contributed by atoms with Gasteiger partial charge in [0, 0.05) is 16.7 Å². The summed E-state index contributed by atoms with van der Waals surface area (Å²) in [5.74, 6) is -0.898. The zero-order valence-electron chi connectivity index (χ0n) is 13.4. The van der Waals surface area contributed by atoms with Crippen LogP contribution in [0.2, 0.25) is 10.0 Å². The summed E-state index contributed by atoms with van der Waals surface area (Å²) in [6, 6.07) is 8.49. The van der Waals surface area contributed by atoms with Gasteiger partial charge in [-0.15, -0.1) is 0 Å². The molecule has 0 aromatic heterocycles. The summed E-state index contributed by atoms with van der Waals surface area (Å²) >= 11 is 11.7. The molecular formula is C16H13Cl2N3O5. The van der Waals surface area contributed by atoms with Gasteiger partial charge in [-0.25, -0.2) is 5.43 Å². The molecule has 8 nitrogen and oxygen atoms in total. The molecule has 0 saturated carbocycles. The predicted octanol–water partition coefficient (Wildman–Crippen LogP) is 3.53. The van der Waals surface area contributed by atoms with Crippen molar-refractivity contribution in [1.29, 1.82) is 0 Å². The summed E-state index contributed by atoms with van der Waals surface area (Å²) in [5.41, 5.74) is 2.48. The summed E-state index contributed by atoms with van der Waals surface area (Å²) < 4.78 is 5.15. The van der Waals surface area contributed by atoms with Gasteiger partial charge in [0.25, 0.3) is 5.91 Å². The third kappa shape index (κ3) is 4.84. The van der Waals surface area contributed by atoms with Gasteiger partial charge in [-0.2, -0.15) is 5.10 Å². The molecule has 0 heterocycles. The molecule has 0 radical (unpaired) electrons. The summed E-state index contributed by atoms with van der Waals surface area (Å²) in [6.07, 6.45) is 0. The highest BCUT2D eigenvalue weighted by molar-refractivity contribution is 6.36. The Labute approximate surface area is 158 Å². The lowest BCUT2D eigenvalue weighted by Crippen LogP contribution is -2.25. The molecule has 26 heavy (non-hydrogen) atoms. The number of para-hydroxylation sites is 2. The van der Waals surface area contributed by atoms with E-state index in [0.717, 1.165) is 0 Å². The minimum Gasteiger partial charge on any atom is -0.506 e. The number of nitrogens with one attached hydrogen (secondary N) is 1. The standard InChI is InChI=1S/C16H13Cl2N3O5/c1-9(11-6-10(17)7-12(18)16(11)23)19-20-15(22)8-26-14-5-3-2-4-13(14)21(24)25/h2-7,23H,8H2,1H3,(H,20,22)/b19-9+. The lowest BCUT2D eigenvalue weighted by Gasteiger charge is -2.08. The fraction of sp³-hybridized carbons (Fsp3) is 0.125. The van der Waals surface area contributed by atoms with Crippen LogP contribution in [0.5, 0.6) is 11.5 Å². The molecule has 2 N–H and O–H groups in total. The van der Waals surface area contributed by atoms with Crippen LogP contribution in [0, 0.1) is 10.1 Å². The third-order valence-corrected chi connectivity index (χ3v) is 3.69. The van der Waals surface area contributed by atoms with E-state index in [-0.39, 0.29) is 33.5 Å². The maximum atomic E-state index is 11.8. The molecule has 1 amide bonds. The van der Waals surface area contributed by atoms with Gasteiger partial charge in [-0.3, -0.25) is 14.9 Å². The van der Waals surface area contributed by atoms with Crippen molar-refractivity contribution in [1.82, 2.24) is 5.43 Å². The Kier molecular flexibility index (Phi) is 6.37. The molecule has 0 aliphatic rings. The van der Waals surface area contributed by atoms with Crippen LogP contribution in [0.15, 0.2) is 41.5 Å². The molecule has 0 fully saturated rings. The topological polar surface area (TPSA) is 114 Å². The Morgan fingerprint density at radius 3 is 2.73 bits per heavy atom. The lowest BCUT2D eigenvalue weighted by molar-refractivity contribution is -0.385. The number of carbonyl (C=O) groups excluding carboxylic acids is 1. The summed E-state index contributed by atoms with van der Waals surface area (Å²) in [4.78, 5) is 22.1. The molecule has 136 valence electrons. The first-order chi connectivity index (χ1) is 12.3. The van der Waals surface area contributed by atoms with Crippen molar-refractivity contribution in [2.24, 2.45) is 5.10 Å². The number of nitro groups is 1. The Hall–Kier alpha value is -2.84. The van der Waals surface area contributed by atoms with Gasteiger partial charge in [0.05, 0.1) is 15.7 Å². The van der Waals surface area contributed by atoms with Crippen molar-refractivity contribution in [3.8, 4) is 11.5 Å². The normalized spacial score (nSPS) is 11.1. The summed E-state index contributed by atoms with van der Waals surface area (Å²) in [7, 11) is 0. The number of rotatable bonds is 6. The Balaban J connectivity index is 2.03. The first-order valence-corrected chi connectivity index (χ1v) is 7.93. The van der Waals surface area contributed by atoms with E-state index in [0.29, 0.717) is 5.02 Å². The number of ether oxygens (including phenoxy) is 1. The van der Waals surface area contributed by atoms with Crippen molar-refractivity contribution in [3.05, 3.63) is 62.1 Å². The summed E-state index contributed by atoms with van der Waals surface area (Å²) in [6.45, 7) is 1.05. The molecule has 0 spiro atoms. The van der Waals surface area contributed by atoms with E-state index in [9.17, 15) is 20.0 Å². The van der Waals surface area contributed by atoms with Crippen LogP contribution in [0.25, 0.3) is 0 Å². The number of hydrogen-bond acceptors (Lipinski definition) is 6. The van der Waals surface area contributed by atoms with Crippen LogP contribution in [-0.4, -0.2) is 28.3 Å². The second kappa shape index (κ2) is 8.50. The van der Waals surface area contributed by atoms with Crippen molar-refractivity contribution < 1.29 is 19.6 Å². The molecule has 2 rings (SSSR count). The number of nitrogens with zero attached hydrogens (tertiary/aromatic N) is 2. The minimum atomic E-state index is -0.643. The van der Waals surface area contributed by atoms with Crippen LogP contribution >= 0.6 is 23.2 Å². The fourth-order valence-corrected chi connectivity index (χ4v) is 2.45. The van der Waals surface area contributed by atoms with Crippen LogP contribution in [0.4, 0.5) is 5.69 Å². The maximum absolute atomic E-state index is 11.8. The Morgan fingerprint density at radius 2 is 2.04 bits per heavy atom. The van der Waals surface area contributed by atoms with Gasteiger partial charge in [0.2, 0.25) is 0 Å². The number of aromatic hydroxyl groups is 1. The second-order valence-corrected chi connectivity index (χ2v) is 5.87. The average molecular weight is 398 g/mol. The fourth-order valence-electron chi connectivity index (χ4n) is 1.95. The van der Waals surface area contributed by atoms with E-state index in [4.69, 9.17) is 27.9 Å². The molecule has 0 saturated heterocycles. The van der Waals surface area contributed by atoms with Gasteiger partial charge >= 0.3 is 5.69 Å². The first kappa shape index (κ1) is 19.5.